The van der Waals surface area contributed by atoms with E-state index in [0.29, 0.717) is 0 Å². The molecular formula is C23H43N3O14. The zero-order valence-electron chi connectivity index (χ0n) is 21.8. The maximum absolute atomic E-state index is 12.7. The van der Waals surface area contributed by atoms with E-state index >= 15 is 0 Å². The second-order valence-electron chi connectivity index (χ2n) is 10.6. The van der Waals surface area contributed by atoms with Crippen LogP contribution in [0.1, 0.15) is 19.3 Å². The van der Waals surface area contributed by atoms with Crippen molar-refractivity contribution in [2.75, 3.05) is 19.8 Å². The van der Waals surface area contributed by atoms with E-state index in [1.807, 2.05) is 0 Å². The highest BCUT2D eigenvalue weighted by atomic mass is 16.7. The third-order valence-corrected chi connectivity index (χ3v) is 7.78. The lowest BCUT2D eigenvalue weighted by Gasteiger charge is -2.48. The van der Waals surface area contributed by atoms with Gasteiger partial charge < -0.3 is 82.1 Å². The topological polar surface area (TPSA) is 314 Å². The van der Waals surface area contributed by atoms with Gasteiger partial charge in [-0.05, 0) is 25.3 Å². The molecule has 2 aliphatic heterocycles. The lowest BCUT2D eigenvalue weighted by Crippen LogP contribution is -2.66. The largest absolute Gasteiger partial charge is 0.394 e. The van der Waals surface area contributed by atoms with Gasteiger partial charge in [-0.3, -0.25) is 4.79 Å². The van der Waals surface area contributed by atoms with E-state index in [9.17, 15) is 50.8 Å². The minimum absolute atomic E-state index is 0.0100. The molecule has 1 aliphatic carbocycles. The molecule has 3 rings (SSSR count). The van der Waals surface area contributed by atoms with Crippen LogP contribution in [0.3, 0.4) is 0 Å². The van der Waals surface area contributed by atoms with Crippen LogP contribution in [0.4, 0.5) is 0 Å². The molecule has 40 heavy (non-hydrogen) atoms. The summed E-state index contributed by atoms with van der Waals surface area (Å²) in [6.07, 6.45) is -20.2. The van der Waals surface area contributed by atoms with E-state index in [-0.39, 0.29) is 25.8 Å². The van der Waals surface area contributed by atoms with Gasteiger partial charge in [0.2, 0.25) is 0 Å². The first-order chi connectivity index (χ1) is 18.9. The number of ether oxygens (including phenoxy) is 4. The fourth-order valence-corrected chi connectivity index (χ4v) is 5.34. The molecule has 1 saturated carbocycles. The number of hydrogen-bond acceptors (Lipinski definition) is 17. The van der Waals surface area contributed by atoms with Crippen molar-refractivity contribution in [1.29, 1.82) is 0 Å². The second kappa shape index (κ2) is 14.5. The standard InChI is InChI=1S/C23H43N3O14/c24-2-1-9(29)10(30)4-7-3-8(25)21(40-23-18(35)17(34)15(32)12(6-28)38-23)19(36)20(7)39-22-16(33)13(26)14(31)11(5-27)37-22/h7-9,11-23,27-29,31-36H,1-6,24-26H2/t7-,8?,9-,11?,12?,13-,14+,15+,16?,17-,18?,19+,20?,21+,22+,23+/m0/s1. The molecular weight excluding hydrogens is 542 g/mol. The molecule has 0 aromatic carbocycles. The van der Waals surface area contributed by atoms with Gasteiger partial charge in [0, 0.05) is 12.5 Å². The SMILES string of the molecule is NCC[C@H](O)C(=O)C[C@@H]1CC(N)[C@@H](O[C@H]2OC(CO)[C@@H](O)[C@H](O)C2O)[C@H](O)C1O[C@H]1OC(CO)[C@@H](O)[C@H](N)C1O. The Balaban J connectivity index is 1.85. The predicted molar refractivity (Wildman–Crippen MR) is 131 cm³/mol. The number of hydrogen-bond donors (Lipinski definition) is 12. The Morgan fingerprint density at radius 2 is 1.35 bits per heavy atom. The summed E-state index contributed by atoms with van der Waals surface area (Å²) in [5.41, 5.74) is 17.6. The van der Waals surface area contributed by atoms with Crippen LogP contribution in [0.25, 0.3) is 0 Å². The molecule has 0 aromatic heterocycles. The Hall–Kier alpha value is -0.970. The van der Waals surface area contributed by atoms with Crippen LogP contribution in [0.5, 0.6) is 0 Å². The Morgan fingerprint density at radius 1 is 0.800 bits per heavy atom. The number of aliphatic hydroxyl groups is 9. The minimum atomic E-state index is -1.80. The third-order valence-electron chi connectivity index (χ3n) is 7.78. The highest BCUT2D eigenvalue weighted by molar-refractivity contribution is 5.83. The first-order valence-corrected chi connectivity index (χ1v) is 13.2. The highest BCUT2D eigenvalue weighted by Gasteiger charge is 2.52. The molecule has 16 atom stereocenters. The smallest absolute Gasteiger partial charge is 0.187 e. The van der Waals surface area contributed by atoms with Crippen molar-refractivity contribution in [1.82, 2.24) is 0 Å². The van der Waals surface area contributed by atoms with Gasteiger partial charge in [0.15, 0.2) is 18.4 Å². The molecule has 3 aliphatic rings. The van der Waals surface area contributed by atoms with Crippen LogP contribution < -0.4 is 17.2 Å². The molecule has 0 spiro atoms. The molecule has 234 valence electrons. The van der Waals surface area contributed by atoms with Gasteiger partial charge in [-0.25, -0.2) is 0 Å². The van der Waals surface area contributed by atoms with E-state index < -0.39 is 117 Å². The molecule has 2 heterocycles. The van der Waals surface area contributed by atoms with E-state index in [0.717, 1.165) is 0 Å². The molecule has 0 amide bonds. The Morgan fingerprint density at radius 3 is 1.93 bits per heavy atom. The fraction of sp³-hybridized carbons (Fsp3) is 0.957. The normalized spacial score (nSPS) is 47.1. The van der Waals surface area contributed by atoms with Gasteiger partial charge in [-0.1, -0.05) is 0 Å². The number of rotatable bonds is 11. The van der Waals surface area contributed by atoms with Gasteiger partial charge in [0.25, 0.3) is 0 Å². The summed E-state index contributed by atoms with van der Waals surface area (Å²) in [6.45, 7) is -1.35. The van der Waals surface area contributed by atoms with Crippen molar-refractivity contribution in [2.24, 2.45) is 23.1 Å². The van der Waals surface area contributed by atoms with Crippen LogP contribution in [0.15, 0.2) is 0 Å². The lowest BCUT2D eigenvalue weighted by atomic mass is 9.76. The summed E-state index contributed by atoms with van der Waals surface area (Å²) in [4.78, 5) is 12.7. The molecule has 0 aromatic rings. The second-order valence-corrected chi connectivity index (χ2v) is 10.6. The highest BCUT2D eigenvalue weighted by Crippen LogP contribution is 2.36. The summed E-state index contributed by atoms with van der Waals surface area (Å²) < 4.78 is 22.4. The van der Waals surface area contributed by atoms with Crippen LogP contribution in [-0.2, 0) is 23.7 Å². The number of carbonyl (C=O) groups excluding carboxylic acids is 1. The van der Waals surface area contributed by atoms with Crippen molar-refractivity contribution in [3.63, 3.8) is 0 Å². The molecule has 3 fully saturated rings. The average molecular weight is 586 g/mol. The van der Waals surface area contributed by atoms with Crippen LogP contribution >= 0.6 is 0 Å². The quantitative estimate of drug-likeness (QED) is 0.107. The minimum Gasteiger partial charge on any atom is -0.394 e. The number of nitrogens with two attached hydrogens (primary N) is 3. The summed E-state index contributed by atoms with van der Waals surface area (Å²) in [5.74, 6) is -1.48. The third kappa shape index (κ3) is 7.14. The molecule has 17 heteroatoms. The molecule has 17 nitrogen and oxygen atoms in total. The van der Waals surface area contributed by atoms with E-state index in [1.54, 1.807) is 0 Å². The van der Waals surface area contributed by atoms with Crippen LogP contribution in [-0.4, -0.2) is 163 Å². The molecule has 0 bridgehead atoms. The van der Waals surface area contributed by atoms with Crippen LogP contribution in [0.2, 0.25) is 0 Å². The maximum atomic E-state index is 12.7. The zero-order chi connectivity index (χ0) is 29.9. The predicted octanol–water partition coefficient (Wildman–Crippen LogP) is -7.30. The molecule has 6 unspecified atom stereocenters. The van der Waals surface area contributed by atoms with Gasteiger partial charge in [-0.15, -0.1) is 0 Å². The van der Waals surface area contributed by atoms with E-state index in [4.69, 9.17) is 36.1 Å². The Bertz CT molecular complexity index is 811. The summed E-state index contributed by atoms with van der Waals surface area (Å²) in [5, 5.41) is 91.7. The van der Waals surface area contributed by atoms with Crippen LogP contribution in [0, 0.1) is 5.92 Å². The summed E-state index contributed by atoms with van der Waals surface area (Å²) in [7, 11) is 0. The van der Waals surface area contributed by atoms with Gasteiger partial charge in [0.1, 0.15) is 61.0 Å². The number of aliphatic hydroxyl groups excluding tert-OH is 9. The number of carbonyl (C=O) groups is 1. The number of Topliss-reactive ketones (excluding diaryl/α,β-unsaturated/α-hetero) is 1. The van der Waals surface area contributed by atoms with Crippen molar-refractivity contribution in [3.8, 4) is 0 Å². The van der Waals surface area contributed by atoms with E-state index in [2.05, 4.69) is 0 Å². The maximum Gasteiger partial charge on any atom is 0.187 e. The van der Waals surface area contributed by atoms with E-state index in [1.165, 1.54) is 0 Å². The monoisotopic (exact) mass is 585 g/mol. The fourth-order valence-electron chi connectivity index (χ4n) is 5.34. The average Bonchev–Trinajstić information content (AvgIpc) is 2.92. The molecule has 2 saturated heterocycles. The molecule has 15 N–H and O–H groups in total. The van der Waals surface area contributed by atoms with Crippen molar-refractivity contribution in [3.05, 3.63) is 0 Å². The lowest BCUT2D eigenvalue weighted by molar-refractivity contribution is -0.338. The van der Waals surface area contributed by atoms with Gasteiger partial charge >= 0.3 is 0 Å². The summed E-state index contributed by atoms with van der Waals surface area (Å²) >= 11 is 0. The van der Waals surface area contributed by atoms with Crippen molar-refractivity contribution < 1.29 is 69.7 Å². The van der Waals surface area contributed by atoms with Gasteiger partial charge in [-0.2, -0.15) is 0 Å². The summed E-state index contributed by atoms with van der Waals surface area (Å²) in [6, 6.07) is -2.32. The zero-order valence-corrected chi connectivity index (χ0v) is 21.8. The van der Waals surface area contributed by atoms with Gasteiger partial charge in [0.05, 0.1) is 25.4 Å². The number of ketones is 1. The Kier molecular flexibility index (Phi) is 12.1. The van der Waals surface area contributed by atoms with Crippen molar-refractivity contribution >= 4 is 5.78 Å². The Labute approximate surface area is 230 Å². The molecule has 0 radical (unpaired) electrons. The van der Waals surface area contributed by atoms with Crippen molar-refractivity contribution in [2.45, 2.75) is 111 Å². The first-order valence-electron chi connectivity index (χ1n) is 13.2. The first kappa shape index (κ1) is 33.5.